The lowest BCUT2D eigenvalue weighted by Crippen LogP contribution is -2.11. The van der Waals surface area contributed by atoms with Crippen molar-refractivity contribution in [3.05, 3.63) is 0 Å². The van der Waals surface area contributed by atoms with E-state index in [0.29, 0.717) is 0 Å². The molecule has 5 heteroatoms. The summed E-state index contributed by atoms with van der Waals surface area (Å²) in [4.78, 5) is 0. The van der Waals surface area contributed by atoms with Crippen LogP contribution < -0.4 is 0 Å². The Morgan fingerprint density at radius 3 is 2.12 bits per heavy atom. The molecule has 1 unspecified atom stereocenters. The van der Waals surface area contributed by atoms with Gasteiger partial charge in [0.25, 0.3) is 10.1 Å². The van der Waals surface area contributed by atoms with Crippen LogP contribution in [0.15, 0.2) is 0 Å². The normalized spacial score (nSPS) is 15.9. The summed E-state index contributed by atoms with van der Waals surface area (Å²) >= 11 is 5.10. The highest BCUT2D eigenvalue weighted by molar-refractivity contribution is 7.87. The van der Waals surface area contributed by atoms with Gasteiger partial charge in [-0.15, -0.1) is 11.6 Å². The molecule has 0 amide bonds. The quantitative estimate of drug-likeness (QED) is 0.479. The molecule has 0 aliphatic carbocycles. The lowest BCUT2D eigenvalue weighted by atomic mass is 10.6. The van der Waals surface area contributed by atoms with E-state index in [1.807, 2.05) is 0 Å². The van der Waals surface area contributed by atoms with Crippen LogP contribution in [0.25, 0.3) is 0 Å². The molecule has 3 nitrogen and oxygen atoms in total. The molecule has 0 aliphatic heterocycles. The van der Waals surface area contributed by atoms with Gasteiger partial charge in [0, 0.05) is 0 Å². The maximum absolute atomic E-state index is 9.99. The minimum Gasteiger partial charge on any atom is -0.284 e. The molecule has 0 aliphatic rings. The number of hydrogen-bond donors (Lipinski definition) is 1. The Morgan fingerprint density at radius 2 is 2.12 bits per heavy atom. The second-order valence-corrected chi connectivity index (χ2v) is 3.72. The number of halogens is 1. The molecule has 0 radical (unpaired) electrons. The Bertz CT molecular complexity index is 150. The van der Waals surface area contributed by atoms with E-state index in [9.17, 15) is 8.42 Å². The molecule has 0 saturated carbocycles. The second-order valence-electron chi connectivity index (χ2n) is 1.33. The Balaban J connectivity index is 4.04. The molecule has 0 heterocycles. The Kier molecular flexibility index (Phi) is 2.73. The molecular formula is C3H7ClO3S. The number of hydrogen-bond acceptors (Lipinski definition) is 2. The van der Waals surface area contributed by atoms with Crippen LogP contribution in [0.4, 0.5) is 0 Å². The van der Waals surface area contributed by atoms with Crippen molar-refractivity contribution in [2.75, 3.05) is 0 Å². The molecular weight excluding hydrogens is 152 g/mol. The lowest BCUT2D eigenvalue weighted by Gasteiger charge is -1.98. The average Bonchev–Trinajstić information content (AvgIpc) is 1.62. The van der Waals surface area contributed by atoms with Crippen LogP contribution in [0.2, 0.25) is 0 Å². The van der Waals surface area contributed by atoms with Gasteiger partial charge in [-0.05, 0) is 6.42 Å². The molecule has 1 atom stereocenters. The van der Waals surface area contributed by atoms with Crippen LogP contribution in [0.1, 0.15) is 13.3 Å². The zero-order valence-electron chi connectivity index (χ0n) is 4.33. The number of rotatable bonds is 2. The van der Waals surface area contributed by atoms with E-state index in [2.05, 4.69) is 0 Å². The van der Waals surface area contributed by atoms with E-state index < -0.39 is 14.8 Å². The molecule has 0 rings (SSSR count). The van der Waals surface area contributed by atoms with Gasteiger partial charge in [-0.25, -0.2) is 0 Å². The van der Waals surface area contributed by atoms with Crippen molar-refractivity contribution in [3.63, 3.8) is 0 Å². The largest absolute Gasteiger partial charge is 0.284 e. The summed E-state index contributed by atoms with van der Waals surface area (Å²) in [6, 6.07) is 0. The highest BCUT2D eigenvalue weighted by Crippen LogP contribution is 2.06. The molecule has 0 aromatic rings. The smallest absolute Gasteiger partial charge is 0.281 e. The average molecular weight is 159 g/mol. The first-order chi connectivity index (χ1) is 3.48. The predicted octanol–water partition coefficient (Wildman–Crippen LogP) is 0.849. The van der Waals surface area contributed by atoms with Crippen molar-refractivity contribution < 1.29 is 13.0 Å². The summed E-state index contributed by atoms with van der Waals surface area (Å²) in [5.74, 6) is 0. The second kappa shape index (κ2) is 2.66. The van der Waals surface area contributed by atoms with Gasteiger partial charge >= 0.3 is 0 Å². The van der Waals surface area contributed by atoms with E-state index in [-0.39, 0.29) is 6.42 Å². The molecule has 0 saturated heterocycles. The van der Waals surface area contributed by atoms with Crippen molar-refractivity contribution >= 4 is 21.7 Å². The molecule has 0 spiro atoms. The molecule has 0 bridgehead atoms. The van der Waals surface area contributed by atoms with Gasteiger partial charge < -0.3 is 0 Å². The molecule has 8 heavy (non-hydrogen) atoms. The SMILES string of the molecule is CCC(Cl)S(=O)(=O)O. The zero-order chi connectivity index (χ0) is 6.78. The lowest BCUT2D eigenvalue weighted by molar-refractivity contribution is 0.478. The highest BCUT2D eigenvalue weighted by atomic mass is 35.5. The van der Waals surface area contributed by atoms with Gasteiger partial charge in [0.05, 0.1) is 0 Å². The summed E-state index contributed by atoms with van der Waals surface area (Å²) in [7, 11) is -3.99. The molecule has 0 aromatic heterocycles. The molecule has 50 valence electrons. The summed E-state index contributed by atoms with van der Waals surface area (Å²) in [6.07, 6.45) is 0.223. The minimum absolute atomic E-state index is 0.223. The van der Waals surface area contributed by atoms with Crippen molar-refractivity contribution in [2.24, 2.45) is 0 Å². The highest BCUT2D eigenvalue weighted by Gasteiger charge is 2.15. The summed E-state index contributed by atoms with van der Waals surface area (Å²) in [5, 5.41) is 0. The standard InChI is InChI=1S/C3H7ClO3S/c1-2-3(4)8(5,6)7/h3H,2H2,1H3,(H,5,6,7). The van der Waals surface area contributed by atoms with Crippen molar-refractivity contribution in [1.82, 2.24) is 0 Å². The van der Waals surface area contributed by atoms with Gasteiger partial charge in [0.15, 0.2) is 4.71 Å². The Morgan fingerprint density at radius 1 is 1.75 bits per heavy atom. The topological polar surface area (TPSA) is 54.4 Å². The molecule has 0 aromatic carbocycles. The van der Waals surface area contributed by atoms with Crippen LogP contribution in [0.3, 0.4) is 0 Å². The van der Waals surface area contributed by atoms with Crippen LogP contribution in [-0.4, -0.2) is 17.7 Å². The van der Waals surface area contributed by atoms with Crippen LogP contribution in [-0.2, 0) is 10.1 Å². The predicted molar refractivity (Wildman–Crippen MR) is 31.5 cm³/mol. The van der Waals surface area contributed by atoms with Crippen LogP contribution in [0.5, 0.6) is 0 Å². The molecule has 1 N–H and O–H groups in total. The Labute approximate surface area is 53.4 Å². The first-order valence-electron chi connectivity index (χ1n) is 2.09. The van der Waals surface area contributed by atoms with Gasteiger partial charge in [0.2, 0.25) is 0 Å². The maximum atomic E-state index is 9.99. The van der Waals surface area contributed by atoms with E-state index in [1.54, 1.807) is 6.92 Å². The number of alkyl halides is 1. The third-order valence-corrected chi connectivity index (χ3v) is 2.61. The summed E-state index contributed by atoms with van der Waals surface area (Å²) in [6.45, 7) is 1.57. The van der Waals surface area contributed by atoms with E-state index in [4.69, 9.17) is 16.2 Å². The first kappa shape index (κ1) is 8.20. The van der Waals surface area contributed by atoms with Crippen molar-refractivity contribution in [3.8, 4) is 0 Å². The fourth-order valence-corrected chi connectivity index (χ4v) is 0.632. The van der Waals surface area contributed by atoms with E-state index >= 15 is 0 Å². The zero-order valence-corrected chi connectivity index (χ0v) is 5.91. The maximum Gasteiger partial charge on any atom is 0.281 e. The minimum atomic E-state index is -3.99. The van der Waals surface area contributed by atoms with E-state index in [0.717, 1.165) is 0 Å². The first-order valence-corrected chi connectivity index (χ1v) is 4.02. The summed E-state index contributed by atoms with van der Waals surface area (Å²) < 4.78 is 26.9. The van der Waals surface area contributed by atoms with Gasteiger partial charge in [-0.3, -0.25) is 4.55 Å². The molecule has 0 fully saturated rings. The fraction of sp³-hybridized carbons (Fsp3) is 1.00. The van der Waals surface area contributed by atoms with Gasteiger partial charge in [-0.1, -0.05) is 6.92 Å². The summed E-state index contributed by atoms with van der Waals surface area (Å²) in [5.41, 5.74) is 0. The van der Waals surface area contributed by atoms with E-state index in [1.165, 1.54) is 0 Å². The van der Waals surface area contributed by atoms with Crippen molar-refractivity contribution in [2.45, 2.75) is 18.1 Å². The van der Waals surface area contributed by atoms with Crippen molar-refractivity contribution in [1.29, 1.82) is 0 Å². The third kappa shape index (κ3) is 2.49. The monoisotopic (exact) mass is 158 g/mol. The Hall–Kier alpha value is 0.200. The van der Waals surface area contributed by atoms with Crippen LogP contribution >= 0.6 is 11.6 Å². The van der Waals surface area contributed by atoms with Crippen LogP contribution in [0, 0.1) is 0 Å². The third-order valence-electron chi connectivity index (χ3n) is 0.644. The fourth-order valence-electron chi connectivity index (χ4n) is 0.211. The van der Waals surface area contributed by atoms with Gasteiger partial charge in [0.1, 0.15) is 0 Å². The van der Waals surface area contributed by atoms with Gasteiger partial charge in [-0.2, -0.15) is 8.42 Å².